The van der Waals surface area contributed by atoms with Gasteiger partial charge in [0.15, 0.2) is 0 Å². The lowest BCUT2D eigenvalue weighted by molar-refractivity contribution is 0.112. The van der Waals surface area contributed by atoms with Gasteiger partial charge in [0.1, 0.15) is 6.29 Å². The highest BCUT2D eigenvalue weighted by Crippen LogP contribution is 2.31. The highest BCUT2D eigenvalue weighted by molar-refractivity contribution is 9.10. The number of aldehydes is 1. The van der Waals surface area contributed by atoms with E-state index in [2.05, 4.69) is 28.1 Å². The number of carbonyl (C=O) groups is 1. The monoisotopic (exact) mass is 306 g/mol. The second-order valence-corrected chi connectivity index (χ2v) is 5.73. The molecule has 0 unspecified atom stereocenters. The molecule has 0 aromatic heterocycles. The SMILES string of the molecule is Cc1cc(C=O)ccc1Sc1ccc(Br)cc1. The quantitative estimate of drug-likeness (QED) is 0.763. The predicted octanol–water partition coefficient (Wildman–Crippen LogP) is 4.72. The van der Waals surface area contributed by atoms with E-state index in [9.17, 15) is 4.79 Å². The zero-order chi connectivity index (χ0) is 12.3. The minimum atomic E-state index is 0.725. The second-order valence-electron chi connectivity index (χ2n) is 3.70. The van der Waals surface area contributed by atoms with E-state index < -0.39 is 0 Å². The minimum absolute atomic E-state index is 0.725. The van der Waals surface area contributed by atoms with Crippen molar-refractivity contribution in [3.05, 3.63) is 58.1 Å². The summed E-state index contributed by atoms with van der Waals surface area (Å²) in [5, 5.41) is 0. The summed E-state index contributed by atoms with van der Waals surface area (Å²) < 4.78 is 1.08. The average Bonchev–Trinajstić information content (AvgIpc) is 2.34. The zero-order valence-electron chi connectivity index (χ0n) is 9.31. The molecule has 86 valence electrons. The molecular formula is C14H11BrOS. The largest absolute Gasteiger partial charge is 0.298 e. The lowest BCUT2D eigenvalue weighted by Crippen LogP contribution is -1.84. The van der Waals surface area contributed by atoms with Gasteiger partial charge in [-0.05, 0) is 48.9 Å². The van der Waals surface area contributed by atoms with Crippen molar-refractivity contribution < 1.29 is 4.79 Å². The lowest BCUT2D eigenvalue weighted by atomic mass is 10.2. The number of aryl methyl sites for hydroxylation is 1. The van der Waals surface area contributed by atoms with Gasteiger partial charge in [0.2, 0.25) is 0 Å². The first-order valence-corrected chi connectivity index (χ1v) is 6.79. The Morgan fingerprint density at radius 3 is 2.41 bits per heavy atom. The van der Waals surface area contributed by atoms with Crippen molar-refractivity contribution in [2.75, 3.05) is 0 Å². The maximum atomic E-state index is 10.7. The molecule has 0 amide bonds. The Balaban J connectivity index is 2.24. The Hall–Kier alpha value is -1.06. The predicted molar refractivity (Wildman–Crippen MR) is 74.8 cm³/mol. The molecular weight excluding hydrogens is 296 g/mol. The summed E-state index contributed by atoms with van der Waals surface area (Å²) in [6, 6.07) is 13.9. The van der Waals surface area contributed by atoms with Gasteiger partial charge >= 0.3 is 0 Å². The molecule has 0 spiro atoms. The molecule has 0 heterocycles. The van der Waals surface area contributed by atoms with Gasteiger partial charge in [0.25, 0.3) is 0 Å². The van der Waals surface area contributed by atoms with Gasteiger partial charge in [-0.15, -0.1) is 0 Å². The van der Waals surface area contributed by atoms with Crippen molar-refractivity contribution in [2.45, 2.75) is 16.7 Å². The lowest BCUT2D eigenvalue weighted by Gasteiger charge is -2.06. The van der Waals surface area contributed by atoms with E-state index in [0.29, 0.717) is 0 Å². The molecule has 3 heteroatoms. The van der Waals surface area contributed by atoms with Crippen LogP contribution in [0.3, 0.4) is 0 Å². The van der Waals surface area contributed by atoms with E-state index in [-0.39, 0.29) is 0 Å². The van der Waals surface area contributed by atoms with E-state index in [0.717, 1.165) is 21.9 Å². The van der Waals surface area contributed by atoms with Crippen molar-refractivity contribution in [3.8, 4) is 0 Å². The summed E-state index contributed by atoms with van der Waals surface area (Å²) in [6.45, 7) is 2.02. The van der Waals surface area contributed by atoms with Gasteiger partial charge in [-0.25, -0.2) is 0 Å². The third-order valence-electron chi connectivity index (χ3n) is 2.38. The third-order valence-corrected chi connectivity index (χ3v) is 4.09. The Morgan fingerprint density at radius 2 is 1.82 bits per heavy atom. The summed E-state index contributed by atoms with van der Waals surface area (Å²) in [6.07, 6.45) is 0.876. The van der Waals surface area contributed by atoms with Gasteiger partial charge in [-0.2, -0.15) is 0 Å². The molecule has 2 aromatic rings. The molecule has 0 fully saturated rings. The van der Waals surface area contributed by atoms with E-state index in [1.54, 1.807) is 11.8 Å². The van der Waals surface area contributed by atoms with Crippen LogP contribution < -0.4 is 0 Å². The summed E-state index contributed by atoms with van der Waals surface area (Å²) in [7, 11) is 0. The van der Waals surface area contributed by atoms with E-state index in [4.69, 9.17) is 0 Å². The van der Waals surface area contributed by atoms with E-state index >= 15 is 0 Å². The molecule has 0 saturated heterocycles. The molecule has 0 aliphatic heterocycles. The van der Waals surface area contributed by atoms with Crippen molar-refractivity contribution in [1.82, 2.24) is 0 Å². The molecule has 17 heavy (non-hydrogen) atoms. The molecule has 1 nitrogen and oxygen atoms in total. The van der Waals surface area contributed by atoms with Crippen LogP contribution >= 0.6 is 27.7 Å². The van der Waals surface area contributed by atoms with Crippen LogP contribution in [0.2, 0.25) is 0 Å². The van der Waals surface area contributed by atoms with Crippen molar-refractivity contribution >= 4 is 34.0 Å². The number of benzene rings is 2. The number of carbonyl (C=O) groups excluding carboxylic acids is 1. The minimum Gasteiger partial charge on any atom is -0.298 e. The van der Waals surface area contributed by atoms with Crippen molar-refractivity contribution in [1.29, 1.82) is 0 Å². The Morgan fingerprint density at radius 1 is 1.12 bits per heavy atom. The average molecular weight is 307 g/mol. The summed E-state index contributed by atoms with van der Waals surface area (Å²) in [5.74, 6) is 0. The van der Waals surface area contributed by atoms with Gasteiger partial charge < -0.3 is 0 Å². The molecule has 0 atom stereocenters. The third kappa shape index (κ3) is 3.20. The highest BCUT2D eigenvalue weighted by atomic mass is 79.9. The maximum absolute atomic E-state index is 10.7. The standard InChI is InChI=1S/C14H11BrOS/c1-10-8-11(9-16)2-7-14(10)17-13-5-3-12(15)4-6-13/h2-9H,1H3. The summed E-state index contributed by atoms with van der Waals surface area (Å²) in [4.78, 5) is 13.0. The first kappa shape index (κ1) is 12.4. The molecule has 2 aromatic carbocycles. The number of rotatable bonds is 3. The second kappa shape index (κ2) is 5.52. The van der Waals surface area contributed by atoms with Crippen LogP contribution in [0.15, 0.2) is 56.7 Å². The van der Waals surface area contributed by atoms with Crippen LogP contribution in [0.4, 0.5) is 0 Å². The van der Waals surface area contributed by atoms with Gasteiger partial charge in [0, 0.05) is 19.8 Å². The van der Waals surface area contributed by atoms with Crippen LogP contribution in [-0.2, 0) is 0 Å². The normalized spacial score (nSPS) is 10.2. The topological polar surface area (TPSA) is 17.1 Å². The number of hydrogen-bond acceptors (Lipinski definition) is 2. The van der Waals surface area contributed by atoms with Crippen LogP contribution in [0, 0.1) is 6.92 Å². The highest BCUT2D eigenvalue weighted by Gasteiger charge is 2.02. The number of hydrogen-bond donors (Lipinski definition) is 0. The molecule has 0 saturated carbocycles. The Labute approximate surface area is 113 Å². The molecule has 0 bridgehead atoms. The van der Waals surface area contributed by atoms with E-state index in [1.807, 2.05) is 37.3 Å². The molecule has 2 rings (SSSR count). The van der Waals surface area contributed by atoms with Gasteiger partial charge in [-0.3, -0.25) is 4.79 Å². The van der Waals surface area contributed by atoms with Crippen LogP contribution in [0.1, 0.15) is 15.9 Å². The molecule has 0 aliphatic carbocycles. The van der Waals surface area contributed by atoms with Gasteiger partial charge in [-0.1, -0.05) is 33.8 Å². The fourth-order valence-corrected chi connectivity index (χ4v) is 2.64. The van der Waals surface area contributed by atoms with E-state index in [1.165, 1.54) is 9.79 Å². The fourth-order valence-electron chi connectivity index (χ4n) is 1.49. The van der Waals surface area contributed by atoms with Crippen molar-refractivity contribution in [2.24, 2.45) is 0 Å². The fraction of sp³-hybridized carbons (Fsp3) is 0.0714. The van der Waals surface area contributed by atoms with Crippen molar-refractivity contribution in [3.63, 3.8) is 0 Å². The maximum Gasteiger partial charge on any atom is 0.150 e. The molecule has 0 radical (unpaired) electrons. The molecule has 0 aliphatic rings. The molecule has 0 N–H and O–H groups in total. The Bertz CT molecular complexity index is 534. The first-order chi connectivity index (χ1) is 8.19. The number of halogens is 1. The van der Waals surface area contributed by atoms with Gasteiger partial charge in [0.05, 0.1) is 0 Å². The first-order valence-electron chi connectivity index (χ1n) is 5.18. The summed E-state index contributed by atoms with van der Waals surface area (Å²) in [5.41, 5.74) is 1.85. The smallest absolute Gasteiger partial charge is 0.150 e. The zero-order valence-corrected chi connectivity index (χ0v) is 11.7. The Kier molecular flexibility index (Phi) is 4.02. The summed E-state index contributed by atoms with van der Waals surface area (Å²) >= 11 is 5.12. The van der Waals surface area contributed by atoms with Crippen LogP contribution in [-0.4, -0.2) is 6.29 Å². The van der Waals surface area contributed by atoms with Crippen LogP contribution in [0.25, 0.3) is 0 Å². The van der Waals surface area contributed by atoms with Crippen LogP contribution in [0.5, 0.6) is 0 Å².